The van der Waals surface area contributed by atoms with Crippen molar-refractivity contribution >= 4 is 35.0 Å². The third-order valence-electron chi connectivity index (χ3n) is 5.52. The maximum atomic E-state index is 12.7. The maximum absolute atomic E-state index is 12.7. The first-order valence-electron chi connectivity index (χ1n) is 9.98. The number of aryl methyl sites for hydroxylation is 2. The van der Waals surface area contributed by atoms with Crippen molar-refractivity contribution in [3.8, 4) is 6.07 Å². The van der Waals surface area contributed by atoms with Crippen molar-refractivity contribution in [3.63, 3.8) is 0 Å². The van der Waals surface area contributed by atoms with Gasteiger partial charge in [-0.25, -0.2) is 4.98 Å². The van der Waals surface area contributed by atoms with Crippen LogP contribution in [0.4, 0.5) is 5.69 Å². The van der Waals surface area contributed by atoms with Crippen molar-refractivity contribution in [2.24, 2.45) is 0 Å². The zero-order chi connectivity index (χ0) is 20.2. The van der Waals surface area contributed by atoms with E-state index in [2.05, 4.69) is 11.0 Å². The van der Waals surface area contributed by atoms with Gasteiger partial charge in [0.25, 0.3) is 0 Å². The number of hydrogen-bond donors (Lipinski definition) is 0. The van der Waals surface area contributed by atoms with Gasteiger partial charge in [-0.1, -0.05) is 29.4 Å². The molecule has 2 heterocycles. The average molecular weight is 427 g/mol. The number of nitrogens with zero attached hydrogens (tertiary/aromatic N) is 4. The Balaban J connectivity index is 1.34. The van der Waals surface area contributed by atoms with E-state index in [0.717, 1.165) is 55.2 Å². The number of amides is 1. The number of benzene rings is 1. The number of nitriles is 1. The van der Waals surface area contributed by atoms with E-state index in [1.165, 1.54) is 17.3 Å². The van der Waals surface area contributed by atoms with Crippen LogP contribution >= 0.6 is 23.4 Å². The van der Waals surface area contributed by atoms with Gasteiger partial charge in [0.1, 0.15) is 11.1 Å². The highest BCUT2D eigenvalue weighted by Gasteiger charge is 2.22. The van der Waals surface area contributed by atoms with E-state index in [1.807, 2.05) is 35.2 Å². The molecule has 0 radical (unpaired) electrons. The number of piperazine rings is 1. The molecule has 5 nitrogen and oxygen atoms in total. The zero-order valence-corrected chi connectivity index (χ0v) is 17.8. The molecule has 0 spiro atoms. The van der Waals surface area contributed by atoms with Crippen molar-refractivity contribution in [3.05, 3.63) is 52.2 Å². The first kappa shape index (κ1) is 20.1. The number of hydrogen-bond acceptors (Lipinski definition) is 5. The fourth-order valence-electron chi connectivity index (χ4n) is 3.91. The molecule has 0 atom stereocenters. The van der Waals surface area contributed by atoms with Crippen LogP contribution in [0.25, 0.3) is 0 Å². The van der Waals surface area contributed by atoms with Crippen molar-refractivity contribution in [2.75, 3.05) is 36.8 Å². The molecule has 1 aliphatic carbocycles. The molecule has 0 bridgehead atoms. The Kier molecular flexibility index (Phi) is 6.27. The van der Waals surface area contributed by atoms with Gasteiger partial charge < -0.3 is 9.80 Å². The lowest BCUT2D eigenvalue weighted by atomic mass is 9.95. The van der Waals surface area contributed by atoms with Gasteiger partial charge in [0.15, 0.2) is 0 Å². The van der Waals surface area contributed by atoms with Gasteiger partial charge in [-0.3, -0.25) is 4.79 Å². The molecule has 1 fully saturated rings. The lowest BCUT2D eigenvalue weighted by molar-refractivity contribution is -0.128. The van der Waals surface area contributed by atoms with Crippen molar-refractivity contribution < 1.29 is 4.79 Å². The number of anilines is 1. The second-order valence-corrected chi connectivity index (χ2v) is 8.80. The predicted octanol–water partition coefficient (Wildman–Crippen LogP) is 3.93. The fourth-order valence-corrected chi connectivity index (χ4v) is 4.98. The Morgan fingerprint density at radius 3 is 2.72 bits per heavy atom. The fraction of sp³-hybridized carbons (Fsp3) is 0.409. The van der Waals surface area contributed by atoms with Crippen LogP contribution < -0.4 is 4.90 Å². The molecule has 1 aromatic heterocycles. The topological polar surface area (TPSA) is 60.2 Å². The molecule has 0 N–H and O–H groups in total. The smallest absolute Gasteiger partial charge is 0.233 e. The zero-order valence-electron chi connectivity index (χ0n) is 16.2. The van der Waals surface area contributed by atoms with Crippen LogP contribution in [0.15, 0.2) is 35.4 Å². The summed E-state index contributed by atoms with van der Waals surface area (Å²) in [6, 6.07) is 12.0. The number of pyridine rings is 1. The minimum absolute atomic E-state index is 0.101. The number of carbonyl (C=O) groups excluding carboxylic acids is 1. The highest BCUT2D eigenvalue weighted by molar-refractivity contribution is 8.00. The molecule has 150 valence electrons. The standard InChI is InChI=1S/C22H23ClN4OS/c23-18-5-3-6-19(13-18)26-8-10-27(11-9-26)21(28)15-29-22-17(14-24)12-16-4-1-2-7-20(16)25-22/h3,5-6,12-13H,1-2,4,7-11,15H2. The van der Waals surface area contributed by atoms with Gasteiger partial charge in [-0.15, -0.1) is 0 Å². The van der Waals surface area contributed by atoms with Gasteiger partial charge in [-0.05, 0) is 55.5 Å². The van der Waals surface area contributed by atoms with Crippen LogP contribution in [0.2, 0.25) is 5.02 Å². The maximum Gasteiger partial charge on any atom is 0.233 e. The van der Waals surface area contributed by atoms with E-state index < -0.39 is 0 Å². The molecule has 1 saturated heterocycles. The molecule has 1 aromatic carbocycles. The van der Waals surface area contributed by atoms with E-state index >= 15 is 0 Å². The molecule has 7 heteroatoms. The van der Waals surface area contributed by atoms with E-state index in [9.17, 15) is 10.1 Å². The summed E-state index contributed by atoms with van der Waals surface area (Å²) in [5.74, 6) is 0.418. The van der Waals surface area contributed by atoms with Gasteiger partial charge in [-0.2, -0.15) is 5.26 Å². The number of halogens is 1. The molecule has 2 aromatic rings. The third kappa shape index (κ3) is 4.68. The second-order valence-electron chi connectivity index (χ2n) is 7.40. The minimum atomic E-state index is 0.101. The third-order valence-corrected chi connectivity index (χ3v) is 6.74. The number of carbonyl (C=O) groups is 1. The lowest BCUT2D eigenvalue weighted by Crippen LogP contribution is -2.49. The second kappa shape index (κ2) is 9.06. The number of thioether (sulfide) groups is 1. The summed E-state index contributed by atoms with van der Waals surface area (Å²) in [6.07, 6.45) is 4.27. The highest BCUT2D eigenvalue weighted by Crippen LogP contribution is 2.28. The molecular formula is C22H23ClN4OS. The van der Waals surface area contributed by atoms with Gasteiger partial charge in [0.05, 0.1) is 11.3 Å². The summed E-state index contributed by atoms with van der Waals surface area (Å²) in [5, 5.41) is 10.9. The summed E-state index contributed by atoms with van der Waals surface area (Å²) in [6.45, 7) is 2.96. The van der Waals surface area contributed by atoms with Crippen LogP contribution in [0.5, 0.6) is 0 Å². The van der Waals surface area contributed by atoms with Crippen molar-refractivity contribution in [1.82, 2.24) is 9.88 Å². The van der Waals surface area contributed by atoms with Crippen molar-refractivity contribution in [1.29, 1.82) is 5.26 Å². The summed E-state index contributed by atoms with van der Waals surface area (Å²) in [4.78, 5) is 21.6. The Labute approximate surface area is 180 Å². The summed E-state index contributed by atoms with van der Waals surface area (Å²) in [7, 11) is 0. The number of aromatic nitrogens is 1. The van der Waals surface area contributed by atoms with Crippen LogP contribution in [-0.2, 0) is 17.6 Å². The van der Waals surface area contributed by atoms with Crippen LogP contribution in [-0.4, -0.2) is 47.7 Å². The van der Waals surface area contributed by atoms with Crippen LogP contribution in [0.1, 0.15) is 29.7 Å². The Morgan fingerprint density at radius 2 is 1.97 bits per heavy atom. The minimum Gasteiger partial charge on any atom is -0.368 e. The Morgan fingerprint density at radius 1 is 1.17 bits per heavy atom. The predicted molar refractivity (Wildman–Crippen MR) is 117 cm³/mol. The average Bonchev–Trinajstić information content (AvgIpc) is 2.77. The van der Waals surface area contributed by atoms with Gasteiger partial charge in [0, 0.05) is 42.6 Å². The van der Waals surface area contributed by atoms with Crippen LogP contribution in [0, 0.1) is 11.3 Å². The first-order valence-corrected chi connectivity index (χ1v) is 11.3. The summed E-state index contributed by atoms with van der Waals surface area (Å²) >= 11 is 7.48. The normalized spacial score (nSPS) is 16.3. The molecule has 2 aliphatic rings. The molecular weight excluding hydrogens is 404 g/mol. The summed E-state index contributed by atoms with van der Waals surface area (Å²) < 4.78 is 0. The van der Waals surface area contributed by atoms with Crippen LogP contribution in [0.3, 0.4) is 0 Å². The number of rotatable bonds is 4. The lowest BCUT2D eigenvalue weighted by Gasteiger charge is -2.36. The number of fused-ring (bicyclic) bond motifs is 1. The molecule has 29 heavy (non-hydrogen) atoms. The monoisotopic (exact) mass is 426 g/mol. The quantitative estimate of drug-likeness (QED) is 0.693. The largest absolute Gasteiger partial charge is 0.368 e. The molecule has 1 amide bonds. The molecule has 4 rings (SSSR count). The van der Waals surface area contributed by atoms with E-state index in [1.54, 1.807) is 0 Å². The van der Waals surface area contributed by atoms with Gasteiger partial charge in [0.2, 0.25) is 5.91 Å². The molecule has 0 unspecified atom stereocenters. The van der Waals surface area contributed by atoms with Gasteiger partial charge >= 0.3 is 0 Å². The first-order chi connectivity index (χ1) is 14.1. The van der Waals surface area contributed by atoms with E-state index in [4.69, 9.17) is 16.6 Å². The van der Waals surface area contributed by atoms with Crippen molar-refractivity contribution in [2.45, 2.75) is 30.7 Å². The SMILES string of the molecule is N#Cc1cc2c(nc1SCC(=O)N1CCN(c3cccc(Cl)c3)CC1)CCCC2. The Bertz CT molecular complexity index is 950. The van der Waals surface area contributed by atoms with E-state index in [0.29, 0.717) is 29.4 Å². The highest BCUT2D eigenvalue weighted by atomic mass is 35.5. The van der Waals surface area contributed by atoms with E-state index in [-0.39, 0.29) is 5.91 Å². The molecule has 1 aliphatic heterocycles. The summed E-state index contributed by atoms with van der Waals surface area (Å²) in [5.41, 5.74) is 3.98. The Hall–Kier alpha value is -2.23. The molecule has 0 saturated carbocycles.